The molecule has 0 aliphatic rings. The van der Waals surface area contributed by atoms with Crippen LogP contribution in [-0.2, 0) is 14.3 Å². The van der Waals surface area contributed by atoms with Gasteiger partial charge in [-0.1, -0.05) is 373 Å². The van der Waals surface area contributed by atoms with Gasteiger partial charge in [-0.25, -0.2) is 0 Å². The van der Waals surface area contributed by atoms with Crippen LogP contribution in [0.1, 0.15) is 425 Å². The number of carbonyl (C=O) groups is 2. The monoisotopic (exact) mass is 1130 g/mol. The molecule has 0 aliphatic carbocycles. The molecule has 1 amide bonds. The van der Waals surface area contributed by atoms with Crippen LogP contribution < -0.4 is 5.32 Å². The lowest BCUT2D eigenvalue weighted by atomic mass is 10.0. The van der Waals surface area contributed by atoms with Gasteiger partial charge in [0.2, 0.25) is 5.91 Å². The normalized spacial score (nSPS) is 12.5. The van der Waals surface area contributed by atoms with Crippen LogP contribution in [0.3, 0.4) is 0 Å². The largest absolute Gasteiger partial charge is 0.466 e. The van der Waals surface area contributed by atoms with Gasteiger partial charge in [0.05, 0.1) is 25.4 Å². The standard InChI is InChI=1S/C74H145NO5/c1-3-5-7-9-11-13-15-17-19-21-31-36-40-44-48-52-56-60-64-68-74(79)80-69-65-61-57-53-49-45-41-37-33-30-28-26-24-22-23-25-27-29-32-35-39-43-47-51-55-59-63-67-73(78)75-71(70-76)72(77)66-62-58-54-50-46-42-38-34-20-18-16-14-12-10-8-6-4-2/h22-23,71-72,76-77H,3-21,24-70H2,1-2H3,(H,75,78)/b23-22-. The fraction of sp³-hybridized carbons (Fsp3) is 0.946. The van der Waals surface area contributed by atoms with Crippen LogP contribution in [0.15, 0.2) is 12.2 Å². The van der Waals surface area contributed by atoms with Gasteiger partial charge < -0.3 is 20.3 Å². The molecular weight excluding hydrogens is 983 g/mol. The van der Waals surface area contributed by atoms with Crippen molar-refractivity contribution in [3.05, 3.63) is 12.2 Å². The minimum atomic E-state index is -0.665. The Morgan fingerprint density at radius 2 is 0.588 bits per heavy atom. The van der Waals surface area contributed by atoms with E-state index in [2.05, 4.69) is 31.3 Å². The molecule has 0 fully saturated rings. The van der Waals surface area contributed by atoms with Gasteiger partial charge in [0.1, 0.15) is 0 Å². The summed E-state index contributed by atoms with van der Waals surface area (Å²) in [5.74, 6) is -0.0105. The number of amides is 1. The molecule has 6 heteroatoms. The summed E-state index contributed by atoms with van der Waals surface area (Å²) in [6.07, 6.45) is 87.0. The number of nitrogens with one attached hydrogen (secondary N) is 1. The zero-order valence-electron chi connectivity index (χ0n) is 54.6. The van der Waals surface area contributed by atoms with E-state index in [9.17, 15) is 19.8 Å². The number of rotatable bonds is 70. The molecule has 0 rings (SSSR count). The highest BCUT2D eigenvalue weighted by Crippen LogP contribution is 2.19. The first-order valence-corrected chi connectivity index (χ1v) is 36.9. The van der Waals surface area contributed by atoms with E-state index in [1.165, 1.54) is 353 Å². The van der Waals surface area contributed by atoms with Crippen molar-refractivity contribution in [3.8, 4) is 0 Å². The average molecular weight is 1130 g/mol. The SMILES string of the molecule is CCCCCCCCCCCCCCCCCCCCCC(=O)OCCCCCCCCCCCCCC/C=C\CCCCCCCCCCCCCC(=O)NC(CO)C(O)CCCCCCCCCCCCCCCCCCC. The number of carbonyl (C=O) groups excluding carboxylic acids is 2. The van der Waals surface area contributed by atoms with E-state index >= 15 is 0 Å². The smallest absolute Gasteiger partial charge is 0.305 e. The second-order valence-electron chi connectivity index (χ2n) is 25.6. The van der Waals surface area contributed by atoms with Crippen LogP contribution in [0.2, 0.25) is 0 Å². The first kappa shape index (κ1) is 78.6. The third-order valence-corrected chi connectivity index (χ3v) is 17.6. The third kappa shape index (κ3) is 65.7. The summed E-state index contributed by atoms with van der Waals surface area (Å²) in [5.41, 5.74) is 0. The van der Waals surface area contributed by atoms with Crippen LogP contribution in [0.5, 0.6) is 0 Å². The molecule has 0 aromatic carbocycles. The molecule has 0 aromatic heterocycles. The zero-order valence-corrected chi connectivity index (χ0v) is 54.6. The summed E-state index contributed by atoms with van der Waals surface area (Å²) in [6, 6.07) is -0.542. The summed E-state index contributed by atoms with van der Waals surface area (Å²) < 4.78 is 5.52. The molecule has 0 bridgehead atoms. The number of hydrogen-bond acceptors (Lipinski definition) is 5. The first-order valence-electron chi connectivity index (χ1n) is 36.9. The van der Waals surface area contributed by atoms with Crippen molar-refractivity contribution in [2.45, 2.75) is 437 Å². The number of aliphatic hydroxyl groups is 2. The Balaban J connectivity index is 3.35. The van der Waals surface area contributed by atoms with Gasteiger partial charge in [-0.2, -0.15) is 0 Å². The van der Waals surface area contributed by atoms with E-state index < -0.39 is 12.1 Å². The number of allylic oxidation sites excluding steroid dienone is 2. The molecule has 476 valence electrons. The molecule has 2 unspecified atom stereocenters. The van der Waals surface area contributed by atoms with Crippen molar-refractivity contribution in [1.29, 1.82) is 0 Å². The van der Waals surface area contributed by atoms with Gasteiger partial charge in [0.15, 0.2) is 0 Å². The van der Waals surface area contributed by atoms with Crippen molar-refractivity contribution in [1.82, 2.24) is 5.32 Å². The molecule has 3 N–H and O–H groups in total. The second kappa shape index (κ2) is 70.1. The van der Waals surface area contributed by atoms with Crippen LogP contribution in [-0.4, -0.2) is 47.4 Å². The lowest BCUT2D eigenvalue weighted by Gasteiger charge is -2.22. The third-order valence-electron chi connectivity index (χ3n) is 17.6. The number of aliphatic hydroxyl groups excluding tert-OH is 2. The second-order valence-corrected chi connectivity index (χ2v) is 25.6. The summed E-state index contributed by atoms with van der Waals surface area (Å²) in [4.78, 5) is 24.7. The highest BCUT2D eigenvalue weighted by molar-refractivity contribution is 5.76. The molecule has 0 spiro atoms. The fourth-order valence-electron chi connectivity index (χ4n) is 11.9. The summed E-state index contributed by atoms with van der Waals surface area (Å²) >= 11 is 0. The Labute approximate surface area is 501 Å². The predicted octanol–water partition coefficient (Wildman–Crippen LogP) is 23.9. The van der Waals surface area contributed by atoms with E-state index in [4.69, 9.17) is 4.74 Å². The van der Waals surface area contributed by atoms with E-state index in [-0.39, 0.29) is 18.5 Å². The van der Waals surface area contributed by atoms with Gasteiger partial charge in [-0.3, -0.25) is 9.59 Å². The molecule has 80 heavy (non-hydrogen) atoms. The maximum Gasteiger partial charge on any atom is 0.305 e. The van der Waals surface area contributed by atoms with Crippen molar-refractivity contribution in [3.63, 3.8) is 0 Å². The Morgan fingerprint density at radius 1 is 0.338 bits per heavy atom. The molecule has 0 heterocycles. The molecule has 0 saturated carbocycles. The quantitative estimate of drug-likeness (QED) is 0.0320. The molecule has 6 nitrogen and oxygen atoms in total. The van der Waals surface area contributed by atoms with Crippen molar-refractivity contribution in [2.24, 2.45) is 0 Å². The molecule has 0 radical (unpaired) electrons. The first-order chi connectivity index (χ1) is 39.5. The minimum absolute atomic E-state index is 0.0211. The lowest BCUT2D eigenvalue weighted by molar-refractivity contribution is -0.143. The Morgan fingerprint density at radius 3 is 0.887 bits per heavy atom. The highest BCUT2D eigenvalue weighted by Gasteiger charge is 2.20. The van der Waals surface area contributed by atoms with Crippen molar-refractivity contribution < 1.29 is 24.5 Å². The molecule has 0 saturated heterocycles. The van der Waals surface area contributed by atoms with Gasteiger partial charge in [0, 0.05) is 12.8 Å². The molecule has 0 aromatic rings. The van der Waals surface area contributed by atoms with Crippen LogP contribution >= 0.6 is 0 Å². The summed E-state index contributed by atoms with van der Waals surface area (Å²) in [7, 11) is 0. The lowest BCUT2D eigenvalue weighted by Crippen LogP contribution is -2.45. The zero-order chi connectivity index (χ0) is 57.8. The van der Waals surface area contributed by atoms with E-state index in [1.807, 2.05) is 0 Å². The maximum atomic E-state index is 12.5. The van der Waals surface area contributed by atoms with Crippen LogP contribution in [0.4, 0.5) is 0 Å². The predicted molar refractivity (Wildman–Crippen MR) is 352 cm³/mol. The van der Waals surface area contributed by atoms with E-state index in [0.29, 0.717) is 25.9 Å². The summed E-state index contributed by atoms with van der Waals surface area (Å²) in [5, 5.41) is 23.4. The maximum absolute atomic E-state index is 12.5. The summed E-state index contributed by atoms with van der Waals surface area (Å²) in [6.45, 7) is 5.00. The van der Waals surface area contributed by atoms with Crippen LogP contribution in [0.25, 0.3) is 0 Å². The van der Waals surface area contributed by atoms with Gasteiger partial charge in [0.25, 0.3) is 0 Å². The molecular formula is C74H145NO5. The van der Waals surface area contributed by atoms with E-state index in [0.717, 1.165) is 38.5 Å². The van der Waals surface area contributed by atoms with Gasteiger partial charge in [-0.15, -0.1) is 0 Å². The number of unbranched alkanes of at least 4 members (excludes halogenated alkanes) is 57. The van der Waals surface area contributed by atoms with Crippen molar-refractivity contribution in [2.75, 3.05) is 13.2 Å². The fourth-order valence-corrected chi connectivity index (χ4v) is 11.9. The molecule has 0 aliphatic heterocycles. The number of esters is 1. The molecule has 2 atom stereocenters. The average Bonchev–Trinajstić information content (AvgIpc) is 3.46. The Kier molecular flexibility index (Phi) is 68.9. The van der Waals surface area contributed by atoms with Crippen LogP contribution in [0, 0.1) is 0 Å². The Bertz CT molecular complexity index is 1210. The van der Waals surface area contributed by atoms with E-state index in [1.54, 1.807) is 0 Å². The minimum Gasteiger partial charge on any atom is -0.466 e. The van der Waals surface area contributed by atoms with Gasteiger partial charge >= 0.3 is 5.97 Å². The number of ether oxygens (including phenoxy) is 1. The number of hydrogen-bond donors (Lipinski definition) is 3. The van der Waals surface area contributed by atoms with Crippen molar-refractivity contribution >= 4 is 11.9 Å². The highest BCUT2D eigenvalue weighted by atomic mass is 16.5. The topological polar surface area (TPSA) is 95.9 Å². The van der Waals surface area contributed by atoms with Gasteiger partial charge in [-0.05, 0) is 51.4 Å². The Hall–Kier alpha value is -1.40.